The van der Waals surface area contributed by atoms with Crippen LogP contribution in [-0.4, -0.2) is 90.3 Å². The van der Waals surface area contributed by atoms with Crippen LogP contribution in [0.2, 0.25) is 0 Å². The molecule has 1 aliphatic carbocycles. The number of halogens is 3. The first kappa shape index (κ1) is 40.9. The summed E-state index contributed by atoms with van der Waals surface area (Å²) in [7, 11) is 0. The third-order valence-corrected chi connectivity index (χ3v) is 11.1. The SMILES string of the molecule is O=C(C=Cc1ccccc1CN1OC2C3OC(c4ccccc4)(c4ccccc4)OC3C3CC2(C(=O)NCc2cccc(C(=O)NCCO)c2)C1C(=O)O3)OCC(F)(F)F. The summed E-state index contributed by atoms with van der Waals surface area (Å²) in [6.07, 6.45) is -6.42. The Kier molecular flexibility index (Phi) is 11.3. The van der Waals surface area contributed by atoms with Gasteiger partial charge in [-0.25, -0.2) is 4.79 Å². The standard InChI is InChI=1S/C44H40F3N3O10/c45-43(46,47)26-56-34(52)19-18-28-11-7-8-12-30(28)25-50-37-40(54)57-33-23-42(37,41(55)49-24-27-10-9-13-29(22-27)39(53)48-20-21-51)38(60-50)36-35(33)58-44(59-36,31-14-3-1-4-15-31)32-16-5-2-6-17-32/h1-19,22,33,35-38,51H,20-21,23-26H2,(H,48,53)(H,49,55). The van der Waals surface area contributed by atoms with Gasteiger partial charge in [-0.2, -0.15) is 18.2 Å². The van der Waals surface area contributed by atoms with Crippen LogP contribution in [0.3, 0.4) is 0 Å². The Hall–Kier alpha value is -5.91. The van der Waals surface area contributed by atoms with Gasteiger partial charge in [0.15, 0.2) is 12.6 Å². The smallest absolute Gasteiger partial charge is 0.422 e. The fraction of sp³-hybridized carbons (Fsp3) is 0.318. The van der Waals surface area contributed by atoms with E-state index in [9.17, 15) is 32.3 Å². The molecular weight excluding hydrogens is 787 g/mol. The quantitative estimate of drug-likeness (QED) is 0.130. The number of ether oxygens (including phenoxy) is 4. The zero-order valence-corrected chi connectivity index (χ0v) is 31.9. The molecule has 4 fully saturated rings. The van der Waals surface area contributed by atoms with E-state index in [1.54, 1.807) is 48.5 Å². The third kappa shape index (κ3) is 7.79. The maximum atomic E-state index is 15.0. The van der Waals surface area contributed by atoms with Gasteiger partial charge in [-0.3, -0.25) is 19.2 Å². The van der Waals surface area contributed by atoms with E-state index in [1.807, 2.05) is 60.7 Å². The van der Waals surface area contributed by atoms with E-state index >= 15 is 0 Å². The molecule has 312 valence electrons. The van der Waals surface area contributed by atoms with Crippen molar-refractivity contribution >= 4 is 29.8 Å². The summed E-state index contributed by atoms with van der Waals surface area (Å²) < 4.78 is 62.4. The Morgan fingerprint density at radius 3 is 2.27 bits per heavy atom. The highest BCUT2D eigenvalue weighted by atomic mass is 19.4. The topological polar surface area (TPSA) is 162 Å². The Labute approximate surface area is 342 Å². The number of aliphatic hydroxyl groups excluding tert-OH is 1. The summed E-state index contributed by atoms with van der Waals surface area (Å²) in [4.78, 5) is 60.9. The molecule has 3 aliphatic heterocycles. The van der Waals surface area contributed by atoms with Crippen LogP contribution in [0.25, 0.3) is 6.08 Å². The molecule has 0 radical (unpaired) electrons. The minimum absolute atomic E-state index is 0.00318. The summed E-state index contributed by atoms with van der Waals surface area (Å²) in [5, 5.41) is 16.1. The highest BCUT2D eigenvalue weighted by Gasteiger charge is 2.76. The number of hydroxylamine groups is 2. The third-order valence-electron chi connectivity index (χ3n) is 11.1. The van der Waals surface area contributed by atoms with Gasteiger partial charge in [-0.15, -0.1) is 0 Å². The van der Waals surface area contributed by atoms with Crippen molar-refractivity contribution in [2.24, 2.45) is 5.41 Å². The molecule has 6 unspecified atom stereocenters. The molecule has 6 atom stereocenters. The second-order valence-electron chi connectivity index (χ2n) is 14.9. The number of aliphatic hydroxyl groups is 1. The number of rotatable bonds is 13. The Morgan fingerprint density at radius 2 is 1.57 bits per heavy atom. The van der Waals surface area contributed by atoms with Gasteiger partial charge in [-0.1, -0.05) is 97.1 Å². The molecule has 3 heterocycles. The molecule has 4 aliphatic rings. The Balaban J connectivity index is 1.15. The van der Waals surface area contributed by atoms with Crippen molar-refractivity contribution in [3.63, 3.8) is 0 Å². The monoisotopic (exact) mass is 827 g/mol. The first-order valence-electron chi connectivity index (χ1n) is 19.3. The lowest BCUT2D eigenvalue weighted by Gasteiger charge is -2.48. The number of carbonyl (C=O) groups excluding carboxylic acids is 4. The summed E-state index contributed by atoms with van der Waals surface area (Å²) >= 11 is 0. The van der Waals surface area contributed by atoms with Crippen LogP contribution in [0.4, 0.5) is 13.2 Å². The zero-order chi connectivity index (χ0) is 42.1. The molecule has 13 nitrogen and oxygen atoms in total. The largest absolute Gasteiger partial charge is 0.458 e. The van der Waals surface area contributed by atoms with E-state index in [4.69, 9.17) is 24.2 Å². The van der Waals surface area contributed by atoms with Gasteiger partial charge in [0.2, 0.25) is 11.7 Å². The number of fused-ring (bicyclic) bond motifs is 4. The maximum absolute atomic E-state index is 15.0. The average Bonchev–Trinajstić information content (AvgIpc) is 3.84. The van der Waals surface area contributed by atoms with Crippen molar-refractivity contribution in [3.05, 3.63) is 149 Å². The van der Waals surface area contributed by atoms with E-state index < -0.39 is 78.2 Å². The fourth-order valence-corrected chi connectivity index (χ4v) is 8.50. The van der Waals surface area contributed by atoms with E-state index in [2.05, 4.69) is 15.4 Å². The van der Waals surface area contributed by atoms with E-state index in [-0.39, 0.29) is 32.7 Å². The average molecular weight is 828 g/mol. The molecule has 3 N–H and O–H groups in total. The molecule has 8 rings (SSSR count). The number of nitrogens with one attached hydrogen (secondary N) is 2. The van der Waals surface area contributed by atoms with Crippen molar-refractivity contribution in [1.82, 2.24) is 15.7 Å². The lowest BCUT2D eigenvalue weighted by atomic mass is 9.62. The first-order valence-corrected chi connectivity index (χ1v) is 19.3. The van der Waals surface area contributed by atoms with E-state index in [1.165, 1.54) is 11.1 Å². The predicted octanol–water partition coefficient (Wildman–Crippen LogP) is 4.33. The number of hydrogen-bond acceptors (Lipinski definition) is 11. The van der Waals surface area contributed by atoms with Gasteiger partial charge < -0.3 is 34.7 Å². The number of benzene rings is 4. The molecule has 1 saturated carbocycles. The summed E-state index contributed by atoms with van der Waals surface area (Å²) in [6, 6.07) is 30.5. The van der Waals surface area contributed by atoms with Crippen molar-refractivity contribution in [1.29, 1.82) is 0 Å². The highest BCUT2D eigenvalue weighted by molar-refractivity contribution is 5.95. The van der Waals surface area contributed by atoms with Gasteiger partial charge in [0.05, 0.1) is 13.2 Å². The number of nitrogens with zero attached hydrogens (tertiary/aromatic N) is 1. The van der Waals surface area contributed by atoms with Crippen LogP contribution in [0.15, 0.2) is 115 Å². The fourth-order valence-electron chi connectivity index (χ4n) is 8.50. The molecule has 3 saturated heterocycles. The molecule has 2 bridgehead atoms. The summed E-state index contributed by atoms with van der Waals surface area (Å²) in [6.45, 7) is -2.06. The van der Waals surface area contributed by atoms with Crippen LogP contribution < -0.4 is 10.6 Å². The highest BCUT2D eigenvalue weighted by Crippen LogP contribution is 2.59. The molecule has 16 heteroatoms. The molecule has 0 spiro atoms. The lowest BCUT2D eigenvalue weighted by molar-refractivity contribution is -0.213. The number of amides is 2. The zero-order valence-electron chi connectivity index (χ0n) is 31.9. The van der Waals surface area contributed by atoms with Crippen LogP contribution in [-0.2, 0) is 57.0 Å². The Morgan fingerprint density at radius 1 is 0.883 bits per heavy atom. The van der Waals surface area contributed by atoms with Crippen LogP contribution in [0.1, 0.15) is 44.6 Å². The number of carbonyl (C=O) groups is 4. The molecule has 0 aromatic heterocycles. The summed E-state index contributed by atoms with van der Waals surface area (Å²) in [5.74, 6) is -4.36. The van der Waals surface area contributed by atoms with E-state index in [0.717, 1.165) is 6.08 Å². The number of alkyl halides is 3. The van der Waals surface area contributed by atoms with Gasteiger partial charge in [0.25, 0.3) is 5.91 Å². The van der Waals surface area contributed by atoms with Gasteiger partial charge in [0, 0.05) is 42.3 Å². The molecular formula is C44H40F3N3O10. The molecule has 4 aromatic carbocycles. The maximum Gasteiger partial charge on any atom is 0.422 e. The van der Waals surface area contributed by atoms with Crippen LogP contribution >= 0.6 is 0 Å². The Bertz CT molecular complexity index is 2240. The minimum Gasteiger partial charge on any atom is -0.458 e. The number of esters is 2. The predicted molar refractivity (Wildman–Crippen MR) is 205 cm³/mol. The second-order valence-corrected chi connectivity index (χ2v) is 14.9. The first-order chi connectivity index (χ1) is 28.9. The second kappa shape index (κ2) is 16.6. The normalized spacial score (nSPS) is 25.3. The molecule has 60 heavy (non-hydrogen) atoms. The van der Waals surface area contributed by atoms with Crippen LogP contribution in [0.5, 0.6) is 0 Å². The van der Waals surface area contributed by atoms with Crippen LogP contribution in [0, 0.1) is 5.41 Å². The van der Waals surface area contributed by atoms with Gasteiger partial charge in [0.1, 0.15) is 29.8 Å². The minimum atomic E-state index is -4.70. The molecule has 4 aromatic rings. The van der Waals surface area contributed by atoms with Crippen molar-refractivity contribution in [2.75, 3.05) is 19.8 Å². The lowest BCUT2D eigenvalue weighted by Crippen LogP contribution is -2.69. The number of hydrogen-bond donors (Lipinski definition) is 3. The van der Waals surface area contributed by atoms with Crippen molar-refractivity contribution < 1.29 is 61.2 Å². The van der Waals surface area contributed by atoms with Gasteiger partial charge >= 0.3 is 18.1 Å². The van der Waals surface area contributed by atoms with Crippen molar-refractivity contribution in [2.45, 2.75) is 61.9 Å². The van der Waals surface area contributed by atoms with E-state index in [0.29, 0.717) is 33.4 Å². The molecule has 2 amide bonds. The van der Waals surface area contributed by atoms with Crippen molar-refractivity contribution in [3.8, 4) is 0 Å². The summed E-state index contributed by atoms with van der Waals surface area (Å²) in [5.41, 5.74) is 1.54. The van der Waals surface area contributed by atoms with Gasteiger partial charge in [-0.05, 0) is 34.9 Å².